The van der Waals surface area contributed by atoms with Gasteiger partial charge in [-0.1, -0.05) is 29.8 Å². The lowest BCUT2D eigenvalue weighted by Gasteiger charge is -2.33. The number of para-hydroxylation sites is 1. The lowest BCUT2D eigenvalue weighted by molar-refractivity contribution is 0.224. The molecule has 1 fully saturated rings. The van der Waals surface area contributed by atoms with Crippen LogP contribution in [0.25, 0.3) is 0 Å². The largest absolute Gasteiger partial charge is 0.487 e. The van der Waals surface area contributed by atoms with E-state index in [0.717, 1.165) is 37.7 Å². The van der Waals surface area contributed by atoms with Crippen molar-refractivity contribution in [3.05, 3.63) is 53.7 Å². The molecule has 1 aromatic carbocycles. The van der Waals surface area contributed by atoms with Crippen LogP contribution in [0.4, 0.5) is 5.82 Å². The van der Waals surface area contributed by atoms with Crippen molar-refractivity contribution in [3.63, 3.8) is 0 Å². The SMILES string of the molecule is CN=C(NCC(C)Oc1ccccc1Cl)NC1CCN(c2ccccn2)CC1.I. The maximum absolute atomic E-state index is 6.15. The minimum atomic E-state index is -0.0375. The zero-order valence-electron chi connectivity index (χ0n) is 16.8. The van der Waals surface area contributed by atoms with Crippen LogP contribution in [0.15, 0.2) is 53.7 Å². The maximum Gasteiger partial charge on any atom is 0.191 e. The fourth-order valence-electron chi connectivity index (χ4n) is 3.22. The molecule has 2 aromatic rings. The molecular weight excluding hydrogens is 501 g/mol. The molecule has 2 N–H and O–H groups in total. The highest BCUT2D eigenvalue weighted by molar-refractivity contribution is 14.0. The summed E-state index contributed by atoms with van der Waals surface area (Å²) in [4.78, 5) is 11.1. The van der Waals surface area contributed by atoms with Crippen molar-refractivity contribution in [1.29, 1.82) is 0 Å². The molecule has 1 aliphatic rings. The molecule has 0 aliphatic carbocycles. The van der Waals surface area contributed by atoms with Crippen molar-refractivity contribution in [1.82, 2.24) is 15.6 Å². The van der Waals surface area contributed by atoms with E-state index in [0.29, 0.717) is 23.4 Å². The van der Waals surface area contributed by atoms with Gasteiger partial charge in [-0.15, -0.1) is 24.0 Å². The molecule has 0 amide bonds. The molecule has 158 valence electrons. The first-order chi connectivity index (χ1) is 13.7. The molecule has 8 heteroatoms. The molecule has 0 radical (unpaired) electrons. The van der Waals surface area contributed by atoms with E-state index in [4.69, 9.17) is 16.3 Å². The Morgan fingerprint density at radius 3 is 2.62 bits per heavy atom. The van der Waals surface area contributed by atoms with Crippen molar-refractivity contribution < 1.29 is 4.74 Å². The first-order valence-electron chi connectivity index (χ1n) is 9.70. The van der Waals surface area contributed by atoms with Crippen molar-refractivity contribution in [2.45, 2.75) is 31.9 Å². The highest BCUT2D eigenvalue weighted by Crippen LogP contribution is 2.24. The first kappa shape index (κ1) is 23.5. The van der Waals surface area contributed by atoms with Gasteiger partial charge in [0.05, 0.1) is 11.6 Å². The van der Waals surface area contributed by atoms with Crippen LogP contribution in [-0.4, -0.2) is 49.8 Å². The van der Waals surface area contributed by atoms with Crippen LogP contribution in [-0.2, 0) is 0 Å². The number of nitrogens with one attached hydrogen (secondary N) is 2. The van der Waals surface area contributed by atoms with Gasteiger partial charge in [0.1, 0.15) is 17.7 Å². The fraction of sp³-hybridized carbons (Fsp3) is 0.429. The van der Waals surface area contributed by atoms with Gasteiger partial charge in [0.25, 0.3) is 0 Å². The molecule has 1 aliphatic heterocycles. The number of ether oxygens (including phenoxy) is 1. The van der Waals surface area contributed by atoms with Gasteiger partial charge in [-0.2, -0.15) is 0 Å². The summed E-state index contributed by atoms with van der Waals surface area (Å²) in [6.45, 7) is 4.61. The summed E-state index contributed by atoms with van der Waals surface area (Å²) in [5.41, 5.74) is 0. The minimum Gasteiger partial charge on any atom is -0.487 e. The predicted molar refractivity (Wildman–Crippen MR) is 131 cm³/mol. The normalized spacial score (nSPS) is 16.0. The van der Waals surface area contributed by atoms with E-state index in [2.05, 4.69) is 31.6 Å². The maximum atomic E-state index is 6.15. The van der Waals surface area contributed by atoms with E-state index in [9.17, 15) is 0 Å². The van der Waals surface area contributed by atoms with Crippen LogP contribution in [0.1, 0.15) is 19.8 Å². The zero-order chi connectivity index (χ0) is 19.8. The first-order valence-corrected chi connectivity index (χ1v) is 10.1. The molecule has 6 nitrogen and oxygen atoms in total. The van der Waals surface area contributed by atoms with Crippen LogP contribution >= 0.6 is 35.6 Å². The molecule has 0 bridgehead atoms. The summed E-state index contributed by atoms with van der Waals surface area (Å²) < 4.78 is 5.90. The van der Waals surface area contributed by atoms with Crippen LogP contribution < -0.4 is 20.3 Å². The topological polar surface area (TPSA) is 61.8 Å². The molecule has 0 saturated carbocycles. The number of hydrogen-bond donors (Lipinski definition) is 2. The van der Waals surface area contributed by atoms with E-state index < -0.39 is 0 Å². The minimum absolute atomic E-state index is 0. The number of rotatable bonds is 6. The number of halogens is 2. The third-order valence-electron chi connectivity index (χ3n) is 4.75. The summed E-state index contributed by atoms with van der Waals surface area (Å²) in [6, 6.07) is 14.0. The Bertz CT molecular complexity index is 769. The van der Waals surface area contributed by atoms with E-state index in [-0.39, 0.29) is 30.1 Å². The number of anilines is 1. The van der Waals surface area contributed by atoms with Crippen LogP contribution in [0.3, 0.4) is 0 Å². The number of nitrogens with zero attached hydrogens (tertiary/aromatic N) is 3. The molecule has 0 spiro atoms. The Kier molecular flexibility index (Phi) is 9.80. The van der Waals surface area contributed by atoms with E-state index in [1.807, 2.05) is 49.5 Å². The van der Waals surface area contributed by atoms with Gasteiger partial charge < -0.3 is 20.3 Å². The van der Waals surface area contributed by atoms with E-state index in [1.54, 1.807) is 7.05 Å². The van der Waals surface area contributed by atoms with Gasteiger partial charge in [-0.3, -0.25) is 4.99 Å². The fourth-order valence-corrected chi connectivity index (χ4v) is 3.40. The summed E-state index contributed by atoms with van der Waals surface area (Å²) in [6.07, 6.45) is 3.90. The second-order valence-electron chi connectivity index (χ2n) is 6.91. The quantitative estimate of drug-likeness (QED) is 0.337. The third kappa shape index (κ3) is 7.22. The van der Waals surface area contributed by atoms with Gasteiger partial charge in [-0.05, 0) is 44.0 Å². The Labute approximate surface area is 195 Å². The Morgan fingerprint density at radius 2 is 1.97 bits per heavy atom. The molecule has 3 rings (SSSR count). The van der Waals surface area contributed by atoms with E-state index in [1.165, 1.54) is 0 Å². The second-order valence-corrected chi connectivity index (χ2v) is 7.31. The van der Waals surface area contributed by atoms with Crippen molar-refractivity contribution in [2.75, 3.05) is 31.6 Å². The Balaban J connectivity index is 0.00000300. The average molecular weight is 530 g/mol. The predicted octanol–water partition coefficient (Wildman–Crippen LogP) is 3.95. The number of hydrogen-bond acceptors (Lipinski definition) is 4. The number of benzene rings is 1. The Morgan fingerprint density at radius 1 is 1.24 bits per heavy atom. The lowest BCUT2D eigenvalue weighted by atomic mass is 10.1. The smallest absolute Gasteiger partial charge is 0.191 e. The monoisotopic (exact) mass is 529 g/mol. The van der Waals surface area contributed by atoms with Gasteiger partial charge in [0.15, 0.2) is 5.96 Å². The second kappa shape index (κ2) is 12.1. The van der Waals surface area contributed by atoms with E-state index >= 15 is 0 Å². The summed E-state index contributed by atoms with van der Waals surface area (Å²) in [5.74, 6) is 2.54. The molecule has 1 aromatic heterocycles. The third-order valence-corrected chi connectivity index (χ3v) is 5.07. The summed E-state index contributed by atoms with van der Waals surface area (Å²) in [7, 11) is 1.79. The number of guanidine groups is 1. The van der Waals surface area contributed by atoms with Gasteiger partial charge in [-0.25, -0.2) is 4.98 Å². The number of pyridine rings is 1. The number of piperidine rings is 1. The molecule has 1 unspecified atom stereocenters. The van der Waals surface area contributed by atoms with Crippen LogP contribution in [0.5, 0.6) is 5.75 Å². The molecule has 1 saturated heterocycles. The number of aromatic nitrogens is 1. The highest BCUT2D eigenvalue weighted by atomic mass is 127. The van der Waals surface area contributed by atoms with Gasteiger partial charge in [0.2, 0.25) is 0 Å². The lowest BCUT2D eigenvalue weighted by Crippen LogP contribution is -2.50. The zero-order valence-corrected chi connectivity index (χ0v) is 19.9. The molecular formula is C21H29ClIN5O. The molecule has 29 heavy (non-hydrogen) atoms. The molecule has 1 atom stereocenters. The summed E-state index contributed by atoms with van der Waals surface area (Å²) >= 11 is 6.15. The van der Waals surface area contributed by atoms with Crippen LogP contribution in [0, 0.1) is 0 Å². The number of aliphatic imine (C=N–C) groups is 1. The van der Waals surface area contributed by atoms with Crippen molar-refractivity contribution in [2.24, 2.45) is 4.99 Å². The average Bonchev–Trinajstić information content (AvgIpc) is 2.74. The summed E-state index contributed by atoms with van der Waals surface area (Å²) in [5, 5.41) is 7.48. The standard InChI is InChI=1S/C21H28ClN5O.HI/c1-16(28-19-8-4-3-7-18(19)22)15-25-21(23-2)26-17-10-13-27(14-11-17)20-9-5-6-12-24-20;/h3-9,12,16-17H,10-11,13-15H2,1-2H3,(H2,23,25,26);1H. The van der Waals surface area contributed by atoms with Gasteiger partial charge in [0, 0.05) is 32.4 Å². The van der Waals surface area contributed by atoms with Crippen molar-refractivity contribution in [3.8, 4) is 5.75 Å². The van der Waals surface area contributed by atoms with Crippen molar-refractivity contribution >= 4 is 47.4 Å². The highest BCUT2D eigenvalue weighted by Gasteiger charge is 2.21. The molecule has 2 heterocycles. The Hall–Kier alpha value is -1.74. The van der Waals surface area contributed by atoms with Crippen LogP contribution in [0.2, 0.25) is 5.02 Å². The van der Waals surface area contributed by atoms with Gasteiger partial charge >= 0.3 is 0 Å².